The number of rotatable bonds is 26. The number of nitrogens with one attached hydrogen (secondary N) is 5. The van der Waals surface area contributed by atoms with Crippen LogP contribution in [-0.2, 0) is 55.9 Å². The van der Waals surface area contributed by atoms with E-state index in [0.717, 1.165) is 6.42 Å². The van der Waals surface area contributed by atoms with Crippen molar-refractivity contribution in [1.29, 1.82) is 0 Å². The van der Waals surface area contributed by atoms with E-state index in [1.165, 1.54) is 0 Å². The predicted octanol–water partition coefficient (Wildman–Crippen LogP) is 3.17. The molecule has 0 radical (unpaired) electrons. The van der Waals surface area contributed by atoms with Crippen LogP contribution in [0, 0.1) is 11.8 Å². The first-order chi connectivity index (χ1) is 29.4. The third-order valence-electron chi connectivity index (χ3n) is 9.03. The largest absolute Gasteiger partial charge is 0.480 e. The number of hydrogen-bond acceptors (Lipinski definition) is 10. The molecule has 336 valence electrons. The number of hydrogen-bond donors (Lipinski definition) is 7. The van der Waals surface area contributed by atoms with Crippen LogP contribution in [0.3, 0.4) is 0 Å². The maximum atomic E-state index is 13.4. The van der Waals surface area contributed by atoms with Crippen molar-refractivity contribution >= 4 is 53.2 Å². The van der Waals surface area contributed by atoms with Gasteiger partial charge in [0.15, 0.2) is 0 Å². The number of ketones is 2. The molecule has 2 rings (SSSR count). The molecule has 17 heteroatoms. The molecule has 0 aliphatic heterocycles. The number of aliphatic carboxylic acids is 2. The van der Waals surface area contributed by atoms with E-state index in [4.69, 9.17) is 4.74 Å². The molecule has 0 heterocycles. The summed E-state index contributed by atoms with van der Waals surface area (Å²) in [5.41, 5.74) is 0.707. The van der Waals surface area contributed by atoms with Crippen molar-refractivity contribution in [3.63, 3.8) is 0 Å². The zero-order valence-corrected chi connectivity index (χ0v) is 35.8. The SMILES string of the molecule is CCCC[C@H](NC(=O)[C@H](Cc1ccccc1)NC(=O)CCC(=O)C#CC(=O)CCC(=O)N[C@@H](Cc1ccccc1)C(=O)N[C@H](CCCCNC(=O)OC(C)(C)C)C(=O)O)C(=O)O. The Labute approximate surface area is 361 Å². The van der Waals surface area contributed by atoms with Gasteiger partial charge in [-0.25, -0.2) is 14.4 Å². The van der Waals surface area contributed by atoms with E-state index in [2.05, 4.69) is 38.4 Å². The van der Waals surface area contributed by atoms with Crippen molar-refractivity contribution in [3.8, 4) is 11.8 Å². The van der Waals surface area contributed by atoms with Gasteiger partial charge < -0.3 is 41.5 Å². The number of carboxylic acid groups (broad SMARTS) is 2. The normalized spacial score (nSPS) is 12.7. The maximum Gasteiger partial charge on any atom is 0.407 e. The standard InChI is InChI=1S/C45H59N5O12/c1-5-6-19-34(42(57)58)49-40(55)36(28-30-15-9-7-10-16-30)47-38(53)25-23-32(51)21-22-33(52)24-26-39(54)48-37(29-31-17-11-8-12-18-31)41(56)50-35(43(59)60)20-13-14-27-46-44(61)62-45(2,3)4/h7-12,15-18,34-37H,5-6,13-14,19-20,23-29H2,1-4H3,(H,46,61)(H,47,53)(H,48,54)(H,49,55)(H,50,56)(H,57,58)(H,59,60)/t34-,35+,36-,37-/m0/s1. The fourth-order valence-electron chi connectivity index (χ4n) is 5.82. The third kappa shape index (κ3) is 22.2. The van der Waals surface area contributed by atoms with Gasteiger partial charge in [-0.05, 0) is 69.4 Å². The molecule has 0 spiro atoms. The van der Waals surface area contributed by atoms with Crippen LogP contribution < -0.4 is 26.6 Å². The minimum atomic E-state index is -1.29. The minimum absolute atomic E-state index is 0.0138. The first-order valence-electron chi connectivity index (χ1n) is 20.6. The van der Waals surface area contributed by atoms with Crippen molar-refractivity contribution in [3.05, 3.63) is 71.8 Å². The smallest absolute Gasteiger partial charge is 0.407 e. The molecule has 2 aromatic rings. The number of amides is 5. The monoisotopic (exact) mass is 861 g/mol. The Kier molecular flexibility index (Phi) is 22.7. The number of carbonyl (C=O) groups is 9. The number of benzene rings is 2. The van der Waals surface area contributed by atoms with Gasteiger partial charge in [-0.15, -0.1) is 0 Å². The second kappa shape index (κ2) is 27.3. The highest BCUT2D eigenvalue weighted by Crippen LogP contribution is 2.10. The molecule has 7 N–H and O–H groups in total. The lowest BCUT2D eigenvalue weighted by molar-refractivity contribution is -0.143. The van der Waals surface area contributed by atoms with E-state index >= 15 is 0 Å². The highest BCUT2D eigenvalue weighted by Gasteiger charge is 2.28. The number of unbranched alkanes of at least 4 members (excludes halogenated alkanes) is 2. The topological polar surface area (TPSA) is 263 Å². The zero-order chi connectivity index (χ0) is 46.1. The maximum absolute atomic E-state index is 13.4. The lowest BCUT2D eigenvalue weighted by Gasteiger charge is -2.22. The lowest BCUT2D eigenvalue weighted by atomic mass is 10.0. The molecule has 2 aromatic carbocycles. The summed E-state index contributed by atoms with van der Waals surface area (Å²) < 4.78 is 5.17. The fourth-order valence-corrected chi connectivity index (χ4v) is 5.82. The van der Waals surface area contributed by atoms with Crippen molar-refractivity contribution in [2.24, 2.45) is 0 Å². The van der Waals surface area contributed by atoms with Gasteiger partial charge in [-0.2, -0.15) is 0 Å². The van der Waals surface area contributed by atoms with Gasteiger partial charge in [-0.1, -0.05) is 80.4 Å². The Morgan fingerprint density at radius 3 is 1.39 bits per heavy atom. The molecule has 17 nitrogen and oxygen atoms in total. The van der Waals surface area contributed by atoms with E-state index in [1.54, 1.807) is 81.4 Å². The summed E-state index contributed by atoms with van der Waals surface area (Å²) in [5, 5.41) is 32.0. The summed E-state index contributed by atoms with van der Waals surface area (Å²) in [6.07, 6.45) is 0.183. The van der Waals surface area contributed by atoms with Crippen LogP contribution in [-0.4, -0.2) is 99.8 Å². The second-order valence-corrected chi connectivity index (χ2v) is 15.6. The van der Waals surface area contributed by atoms with E-state index < -0.39 is 102 Å². The molecule has 62 heavy (non-hydrogen) atoms. The van der Waals surface area contributed by atoms with Gasteiger partial charge in [0.25, 0.3) is 0 Å². The summed E-state index contributed by atoms with van der Waals surface area (Å²) >= 11 is 0. The summed E-state index contributed by atoms with van der Waals surface area (Å²) in [4.78, 5) is 113. The van der Waals surface area contributed by atoms with Crippen LogP contribution in [0.25, 0.3) is 0 Å². The minimum Gasteiger partial charge on any atom is -0.480 e. The van der Waals surface area contributed by atoms with Crippen molar-refractivity contribution in [2.75, 3.05) is 6.54 Å². The van der Waals surface area contributed by atoms with E-state index in [1.807, 2.05) is 6.92 Å². The number of ether oxygens (including phenoxy) is 1. The predicted molar refractivity (Wildman–Crippen MR) is 227 cm³/mol. The average molecular weight is 862 g/mol. The number of Topliss-reactive ketones (excluding diaryl/α,β-unsaturated/α-hetero) is 2. The van der Waals surface area contributed by atoms with Crippen molar-refractivity contribution in [2.45, 2.75) is 135 Å². The second-order valence-electron chi connectivity index (χ2n) is 15.6. The molecular formula is C45H59N5O12. The molecule has 0 fully saturated rings. The van der Waals surface area contributed by atoms with Gasteiger partial charge in [0.05, 0.1) is 0 Å². The number of carbonyl (C=O) groups excluding carboxylic acids is 7. The van der Waals surface area contributed by atoms with Gasteiger partial charge in [0.1, 0.15) is 29.8 Å². The van der Waals surface area contributed by atoms with Crippen LogP contribution in [0.5, 0.6) is 0 Å². The van der Waals surface area contributed by atoms with Gasteiger partial charge in [0, 0.05) is 45.1 Å². The third-order valence-corrected chi connectivity index (χ3v) is 9.03. The van der Waals surface area contributed by atoms with Gasteiger partial charge in [-0.3, -0.25) is 28.8 Å². The molecule has 0 saturated heterocycles. The summed E-state index contributed by atoms with van der Waals surface area (Å²) in [6.45, 7) is 7.29. The van der Waals surface area contributed by atoms with Crippen molar-refractivity contribution in [1.82, 2.24) is 26.6 Å². The average Bonchev–Trinajstić information content (AvgIpc) is 3.21. The van der Waals surface area contributed by atoms with E-state index in [-0.39, 0.29) is 38.6 Å². The Hall–Kier alpha value is -6.57. The fraction of sp³-hybridized carbons (Fsp3) is 0.489. The summed E-state index contributed by atoms with van der Waals surface area (Å²) in [5.74, 6) is -2.51. The highest BCUT2D eigenvalue weighted by atomic mass is 16.6. The Bertz CT molecular complexity index is 1900. The molecular weight excluding hydrogens is 803 g/mol. The van der Waals surface area contributed by atoms with Crippen molar-refractivity contribution < 1.29 is 58.1 Å². The van der Waals surface area contributed by atoms with Crippen LogP contribution in [0.2, 0.25) is 0 Å². The van der Waals surface area contributed by atoms with E-state index in [9.17, 15) is 53.4 Å². The van der Waals surface area contributed by atoms with Gasteiger partial charge in [0.2, 0.25) is 35.2 Å². The molecule has 0 aromatic heterocycles. The number of carboxylic acids is 2. The molecule has 0 bridgehead atoms. The molecule has 0 unspecified atom stereocenters. The Morgan fingerprint density at radius 2 is 1.00 bits per heavy atom. The quantitative estimate of drug-likeness (QED) is 0.0409. The van der Waals surface area contributed by atoms with Crippen LogP contribution in [0.15, 0.2) is 60.7 Å². The first-order valence-corrected chi connectivity index (χ1v) is 20.6. The summed E-state index contributed by atoms with van der Waals surface area (Å²) in [7, 11) is 0. The molecule has 4 atom stereocenters. The Morgan fingerprint density at radius 1 is 0.581 bits per heavy atom. The molecule has 0 saturated carbocycles. The van der Waals surface area contributed by atoms with Crippen LogP contribution >= 0.6 is 0 Å². The van der Waals surface area contributed by atoms with Gasteiger partial charge >= 0.3 is 18.0 Å². The Balaban J connectivity index is 1.94. The zero-order valence-electron chi connectivity index (χ0n) is 35.8. The van der Waals surface area contributed by atoms with E-state index in [0.29, 0.717) is 30.4 Å². The first kappa shape index (κ1) is 51.6. The number of alkyl carbamates (subject to hydrolysis) is 1. The summed E-state index contributed by atoms with van der Waals surface area (Å²) in [6, 6.07) is 12.7. The lowest BCUT2D eigenvalue weighted by Crippen LogP contribution is -2.52. The van der Waals surface area contributed by atoms with Crippen LogP contribution in [0.1, 0.15) is 103 Å². The highest BCUT2D eigenvalue weighted by molar-refractivity contribution is 6.06. The molecule has 0 aliphatic carbocycles. The molecule has 5 amide bonds. The molecule has 0 aliphatic rings. The van der Waals surface area contributed by atoms with Crippen LogP contribution in [0.4, 0.5) is 4.79 Å².